The molecule has 0 bridgehead atoms. The predicted octanol–water partition coefficient (Wildman–Crippen LogP) is 3.61. The van der Waals surface area contributed by atoms with E-state index in [0.717, 1.165) is 5.39 Å². The normalized spacial score (nSPS) is 15.8. The molecule has 6 nitrogen and oxygen atoms in total. The van der Waals surface area contributed by atoms with E-state index in [-0.39, 0.29) is 22.1 Å². The molecule has 148 valence electrons. The lowest BCUT2D eigenvalue weighted by molar-refractivity contribution is -0.131. The van der Waals surface area contributed by atoms with Gasteiger partial charge in [0.2, 0.25) is 9.84 Å². The van der Waals surface area contributed by atoms with Crippen molar-refractivity contribution in [2.45, 2.75) is 31.2 Å². The van der Waals surface area contributed by atoms with Crippen molar-refractivity contribution in [3.63, 3.8) is 0 Å². The second kappa shape index (κ2) is 7.71. The summed E-state index contributed by atoms with van der Waals surface area (Å²) in [7, 11) is -3.82. The number of fused-ring (bicyclic) bond motifs is 3. The first-order valence-electron chi connectivity index (χ1n) is 8.80. The lowest BCUT2D eigenvalue weighted by atomic mass is 10.0. The highest BCUT2D eigenvalue weighted by atomic mass is 32.2. The summed E-state index contributed by atoms with van der Waals surface area (Å²) in [6.45, 7) is 3.05. The number of nitrogens with one attached hydrogen (secondary N) is 1. The van der Waals surface area contributed by atoms with Crippen molar-refractivity contribution in [1.82, 2.24) is 5.32 Å². The standard InChI is InChI=1S/C20H20FNO5S/c1-12(2)9-17(19(21)23)22-20(24)27-11-15-10-14-8-7-13-5-3-4-6-16(13)18(14)28(15,25)26/h3-8,10,12,17H,9,11H2,1-2H3,(H,22,24)/t17-/m0/s1. The highest BCUT2D eigenvalue weighted by Gasteiger charge is 2.32. The summed E-state index contributed by atoms with van der Waals surface area (Å²) in [5.74, 6) is -0.0225. The van der Waals surface area contributed by atoms with Gasteiger partial charge in [0, 0.05) is 5.39 Å². The largest absolute Gasteiger partial charge is 0.444 e. The van der Waals surface area contributed by atoms with Gasteiger partial charge in [0.25, 0.3) is 0 Å². The second-order valence-electron chi connectivity index (χ2n) is 7.03. The van der Waals surface area contributed by atoms with Crippen LogP contribution in [0.2, 0.25) is 0 Å². The summed E-state index contributed by atoms with van der Waals surface area (Å²) in [6.07, 6.45) is 0.521. The van der Waals surface area contributed by atoms with E-state index in [4.69, 9.17) is 4.74 Å². The Bertz CT molecular complexity index is 1080. The first kappa shape index (κ1) is 20.0. The van der Waals surface area contributed by atoms with Gasteiger partial charge in [-0.05, 0) is 29.4 Å². The molecule has 0 spiro atoms. The minimum absolute atomic E-state index is 0.0225. The molecule has 1 aliphatic heterocycles. The molecular formula is C20H20FNO5S. The van der Waals surface area contributed by atoms with Gasteiger partial charge in [0.15, 0.2) is 0 Å². The van der Waals surface area contributed by atoms with Crippen molar-refractivity contribution in [2.24, 2.45) is 5.92 Å². The van der Waals surface area contributed by atoms with E-state index >= 15 is 0 Å². The van der Waals surface area contributed by atoms with Crippen LogP contribution < -0.4 is 5.32 Å². The van der Waals surface area contributed by atoms with E-state index in [0.29, 0.717) is 10.9 Å². The van der Waals surface area contributed by atoms with Crippen molar-refractivity contribution in [1.29, 1.82) is 0 Å². The molecular weight excluding hydrogens is 385 g/mol. The van der Waals surface area contributed by atoms with Crippen molar-refractivity contribution in [2.75, 3.05) is 6.61 Å². The number of rotatable bonds is 6. The Labute approximate surface area is 162 Å². The van der Waals surface area contributed by atoms with Crippen LogP contribution in [0.5, 0.6) is 0 Å². The van der Waals surface area contributed by atoms with Gasteiger partial charge in [-0.1, -0.05) is 50.2 Å². The van der Waals surface area contributed by atoms with Crippen LogP contribution >= 0.6 is 0 Å². The van der Waals surface area contributed by atoms with E-state index in [1.165, 1.54) is 6.08 Å². The first-order valence-corrected chi connectivity index (χ1v) is 10.3. The third-order valence-electron chi connectivity index (χ3n) is 4.46. The lowest BCUT2D eigenvalue weighted by Crippen LogP contribution is -2.40. The van der Waals surface area contributed by atoms with Crippen LogP contribution in [0.25, 0.3) is 16.8 Å². The third kappa shape index (κ3) is 3.91. The predicted molar refractivity (Wildman–Crippen MR) is 103 cm³/mol. The Morgan fingerprint density at radius 1 is 1.14 bits per heavy atom. The molecule has 0 saturated heterocycles. The van der Waals surface area contributed by atoms with Crippen LogP contribution in [-0.4, -0.2) is 33.2 Å². The van der Waals surface area contributed by atoms with Gasteiger partial charge in [-0.3, -0.25) is 4.79 Å². The zero-order valence-electron chi connectivity index (χ0n) is 15.4. The molecule has 28 heavy (non-hydrogen) atoms. The molecule has 2 aromatic carbocycles. The van der Waals surface area contributed by atoms with E-state index in [9.17, 15) is 22.4 Å². The minimum atomic E-state index is -3.82. The number of benzene rings is 2. The quantitative estimate of drug-likeness (QED) is 0.742. The van der Waals surface area contributed by atoms with Gasteiger partial charge in [0.05, 0.1) is 9.80 Å². The molecule has 1 amide bonds. The monoisotopic (exact) mass is 405 g/mol. The maximum absolute atomic E-state index is 13.1. The highest BCUT2D eigenvalue weighted by molar-refractivity contribution is 7.96. The van der Waals surface area contributed by atoms with E-state index in [2.05, 4.69) is 5.32 Å². The van der Waals surface area contributed by atoms with Crippen LogP contribution in [0.4, 0.5) is 9.18 Å². The fourth-order valence-corrected chi connectivity index (χ4v) is 4.85. The molecule has 2 aromatic rings. The Kier molecular flexibility index (Phi) is 5.51. The van der Waals surface area contributed by atoms with E-state index in [1.807, 2.05) is 18.2 Å². The Hall–Kier alpha value is -2.74. The molecule has 0 unspecified atom stereocenters. The van der Waals surface area contributed by atoms with Gasteiger partial charge < -0.3 is 10.1 Å². The average molecular weight is 405 g/mol. The van der Waals surface area contributed by atoms with Crippen molar-refractivity contribution in [3.8, 4) is 0 Å². The van der Waals surface area contributed by atoms with Crippen LogP contribution in [0.15, 0.2) is 46.2 Å². The van der Waals surface area contributed by atoms with Gasteiger partial charge in [-0.25, -0.2) is 13.2 Å². The summed E-state index contributed by atoms with van der Waals surface area (Å²) in [4.78, 5) is 23.0. The zero-order chi connectivity index (χ0) is 20.5. The fourth-order valence-electron chi connectivity index (χ4n) is 3.18. The Morgan fingerprint density at radius 3 is 2.54 bits per heavy atom. The van der Waals surface area contributed by atoms with Crippen molar-refractivity contribution >= 4 is 38.8 Å². The maximum Gasteiger partial charge on any atom is 0.408 e. The fraction of sp³-hybridized carbons (Fsp3) is 0.300. The van der Waals surface area contributed by atoms with Gasteiger partial charge >= 0.3 is 12.1 Å². The summed E-state index contributed by atoms with van der Waals surface area (Å²) >= 11 is 0. The minimum Gasteiger partial charge on any atom is -0.444 e. The van der Waals surface area contributed by atoms with Gasteiger partial charge in [-0.2, -0.15) is 4.39 Å². The Balaban J connectivity index is 1.74. The van der Waals surface area contributed by atoms with Crippen LogP contribution in [0, 0.1) is 5.92 Å². The lowest BCUT2D eigenvalue weighted by Gasteiger charge is -2.16. The molecule has 0 aromatic heterocycles. The van der Waals surface area contributed by atoms with Crippen molar-refractivity contribution < 1.29 is 27.1 Å². The summed E-state index contributed by atoms with van der Waals surface area (Å²) in [6, 6.07) is 7.64. The summed E-state index contributed by atoms with van der Waals surface area (Å²) in [5.41, 5.74) is 0.523. The average Bonchev–Trinajstić information content (AvgIpc) is 2.89. The smallest absolute Gasteiger partial charge is 0.408 e. The third-order valence-corrected chi connectivity index (χ3v) is 6.38. The number of sulfone groups is 1. The molecule has 1 heterocycles. The number of hydrogen-bond donors (Lipinski definition) is 1. The number of hydrogen-bond acceptors (Lipinski definition) is 5. The first-order chi connectivity index (χ1) is 13.2. The Morgan fingerprint density at radius 2 is 1.86 bits per heavy atom. The SMILES string of the molecule is CC(C)C[C@H](NC(=O)OCC1=Cc2ccc3ccccc3c2S1(=O)=O)C(=O)F. The molecule has 0 radical (unpaired) electrons. The topological polar surface area (TPSA) is 89.5 Å². The molecule has 0 fully saturated rings. The van der Waals surface area contributed by atoms with Crippen LogP contribution in [-0.2, 0) is 19.4 Å². The molecule has 3 rings (SSSR count). The summed E-state index contributed by atoms with van der Waals surface area (Å²) in [5, 5.41) is 3.52. The molecule has 8 heteroatoms. The molecule has 1 aliphatic rings. The summed E-state index contributed by atoms with van der Waals surface area (Å²) < 4.78 is 43.8. The second-order valence-corrected chi connectivity index (χ2v) is 8.97. The van der Waals surface area contributed by atoms with Crippen molar-refractivity contribution in [3.05, 3.63) is 46.9 Å². The highest BCUT2D eigenvalue weighted by Crippen LogP contribution is 2.38. The maximum atomic E-state index is 13.1. The number of carbonyl (C=O) groups is 2. The van der Waals surface area contributed by atoms with Gasteiger partial charge in [0.1, 0.15) is 12.6 Å². The van der Waals surface area contributed by atoms with Crippen LogP contribution in [0.1, 0.15) is 25.8 Å². The number of alkyl carbamates (subject to hydrolysis) is 1. The number of ether oxygens (including phenoxy) is 1. The zero-order valence-corrected chi connectivity index (χ0v) is 16.3. The number of halogens is 1. The number of carbonyl (C=O) groups excluding carboxylic acids is 2. The number of amides is 1. The molecule has 0 saturated carbocycles. The van der Waals surface area contributed by atoms with Gasteiger partial charge in [-0.15, -0.1) is 0 Å². The molecule has 0 aliphatic carbocycles. The van der Waals surface area contributed by atoms with Crippen LogP contribution in [0.3, 0.4) is 0 Å². The molecule has 1 atom stereocenters. The van der Waals surface area contributed by atoms with E-state index in [1.54, 1.807) is 32.0 Å². The van der Waals surface area contributed by atoms with E-state index < -0.39 is 34.6 Å². The molecule has 1 N–H and O–H groups in total.